The number of quaternary nitrogens is 1. The average molecular weight is 275 g/mol. The third-order valence-electron chi connectivity index (χ3n) is 1.57. The van der Waals surface area contributed by atoms with E-state index in [2.05, 4.69) is 32.4 Å². The van der Waals surface area contributed by atoms with Crippen LogP contribution in [0.15, 0.2) is 25.3 Å². The summed E-state index contributed by atoms with van der Waals surface area (Å²) < 4.78 is 52.1. The second-order valence-electron chi connectivity index (χ2n) is 3.87. The molecule has 0 aliphatic carbocycles. The molecule has 0 heterocycles. The van der Waals surface area contributed by atoms with Crippen molar-refractivity contribution in [2.75, 3.05) is 27.2 Å². The number of likely N-dealkylation sites (N-methyl/N-ethyl adjacent to an activating group) is 1. The molecule has 102 valence electrons. The lowest BCUT2D eigenvalue weighted by molar-refractivity contribution is -0.878. The van der Waals surface area contributed by atoms with Gasteiger partial charge in [-0.15, -0.1) is 0 Å². The second-order valence-corrected chi connectivity index (χ2v) is 5.42. The van der Waals surface area contributed by atoms with Crippen molar-refractivity contribution in [2.45, 2.75) is 5.51 Å². The fraction of sp³-hybridized carbons (Fsp3) is 0.556. The lowest BCUT2D eigenvalue weighted by Crippen LogP contribution is -2.39. The summed E-state index contributed by atoms with van der Waals surface area (Å²) in [5, 5.41) is 3.66. The summed E-state index contributed by atoms with van der Waals surface area (Å²) in [6, 6.07) is 0. The molecule has 0 saturated heterocycles. The summed E-state index contributed by atoms with van der Waals surface area (Å²) in [4.78, 5) is 0. The number of nitrogens with zero attached hydrogens (tertiary/aromatic N) is 1. The van der Waals surface area contributed by atoms with E-state index in [1.165, 1.54) is 0 Å². The lowest BCUT2D eigenvalue weighted by Gasteiger charge is -2.26. The van der Waals surface area contributed by atoms with Crippen LogP contribution in [-0.4, -0.2) is 45.6 Å². The molecule has 4 nitrogen and oxygen atoms in total. The molecular formula is C9H18F3N2O2S+. The smallest absolute Gasteiger partial charge is 0.322 e. The summed E-state index contributed by atoms with van der Waals surface area (Å²) in [5.74, 6) is 0. The van der Waals surface area contributed by atoms with E-state index in [0.29, 0.717) is 0 Å². The summed E-state index contributed by atoms with van der Waals surface area (Å²) in [6.45, 7) is 9.37. The molecule has 0 aliphatic heterocycles. The number of alkyl halides is 3. The van der Waals surface area contributed by atoms with Crippen LogP contribution in [0.3, 0.4) is 0 Å². The normalized spacial score (nSPS) is 12.4. The Bertz CT molecular complexity index is 336. The average Bonchev–Trinajstić information content (AvgIpc) is 2.00. The van der Waals surface area contributed by atoms with Crippen molar-refractivity contribution in [1.29, 1.82) is 0 Å². The van der Waals surface area contributed by atoms with Gasteiger partial charge in [-0.1, -0.05) is 13.2 Å². The van der Waals surface area contributed by atoms with Crippen LogP contribution in [-0.2, 0) is 10.0 Å². The molecule has 0 aromatic heterocycles. The summed E-state index contributed by atoms with van der Waals surface area (Å²) in [5.41, 5.74) is -5.31. The van der Waals surface area contributed by atoms with Crippen molar-refractivity contribution in [3.63, 3.8) is 0 Å². The van der Waals surface area contributed by atoms with E-state index in [9.17, 15) is 21.6 Å². The zero-order chi connectivity index (χ0) is 14.3. The highest BCUT2D eigenvalue weighted by atomic mass is 32.2. The van der Waals surface area contributed by atoms with Gasteiger partial charge in [0.1, 0.15) is 0 Å². The third-order valence-corrected chi connectivity index (χ3v) is 2.21. The molecule has 0 aromatic rings. The van der Waals surface area contributed by atoms with Crippen molar-refractivity contribution in [1.82, 2.24) is 0 Å². The van der Waals surface area contributed by atoms with Crippen LogP contribution in [0.25, 0.3) is 0 Å². The van der Waals surface area contributed by atoms with Crippen molar-refractivity contribution in [2.24, 2.45) is 5.14 Å². The Morgan fingerprint density at radius 3 is 1.53 bits per heavy atom. The molecule has 0 aliphatic rings. The van der Waals surface area contributed by atoms with Crippen LogP contribution in [0.1, 0.15) is 0 Å². The number of hydrogen-bond donors (Lipinski definition) is 1. The monoisotopic (exact) mass is 275 g/mol. The van der Waals surface area contributed by atoms with Crippen LogP contribution in [0.5, 0.6) is 0 Å². The number of halogens is 3. The molecule has 0 rings (SSSR count). The highest BCUT2D eigenvalue weighted by Crippen LogP contribution is 2.18. The highest BCUT2D eigenvalue weighted by Gasteiger charge is 2.42. The third kappa shape index (κ3) is 10.0. The van der Waals surface area contributed by atoms with Crippen molar-refractivity contribution >= 4 is 10.0 Å². The number of primary sulfonamides is 1. The quantitative estimate of drug-likeness (QED) is 0.619. The van der Waals surface area contributed by atoms with Gasteiger partial charge in [0.2, 0.25) is 0 Å². The summed E-state index contributed by atoms with van der Waals surface area (Å²) in [6.07, 6.45) is 3.87. The molecular weight excluding hydrogens is 257 g/mol. The maximum Gasteiger partial charge on any atom is 0.511 e. The first-order valence-corrected chi connectivity index (χ1v) is 6.05. The SMILES string of the molecule is C=CC[N+](C)(C)CC=C.NS(=O)(=O)C(F)(F)F. The van der Waals surface area contributed by atoms with Gasteiger partial charge in [0, 0.05) is 0 Å². The summed E-state index contributed by atoms with van der Waals surface area (Å²) >= 11 is 0. The molecule has 0 bridgehead atoms. The Balaban J connectivity index is 0. The first-order valence-electron chi connectivity index (χ1n) is 4.50. The van der Waals surface area contributed by atoms with E-state index in [1.807, 2.05) is 12.2 Å². The van der Waals surface area contributed by atoms with Gasteiger partial charge in [-0.3, -0.25) is 0 Å². The first-order chi connectivity index (χ1) is 7.37. The molecule has 2 N–H and O–H groups in total. The molecule has 0 fully saturated rings. The molecule has 0 radical (unpaired) electrons. The minimum absolute atomic E-state index is 0.951. The Morgan fingerprint density at radius 1 is 1.18 bits per heavy atom. The Kier molecular flexibility index (Phi) is 7.37. The standard InChI is InChI=1S/C8H16N.CH2F3NO2S/c1-5-7-9(3,4)8-6-2;2-1(3,4)8(5,6)7/h5-6H,1-2,7-8H2,3-4H3;(H2,5,6,7)/q+1;. The van der Waals surface area contributed by atoms with Crippen LogP contribution < -0.4 is 5.14 Å². The summed E-state index contributed by atoms with van der Waals surface area (Å²) in [7, 11) is -1.03. The lowest BCUT2D eigenvalue weighted by atomic mass is 10.4. The Labute approximate surface area is 99.9 Å². The molecule has 17 heavy (non-hydrogen) atoms. The maximum absolute atomic E-state index is 10.8. The number of nitrogens with two attached hydrogens (primary N) is 1. The number of hydrogen-bond acceptors (Lipinski definition) is 2. The van der Waals surface area contributed by atoms with Crippen molar-refractivity contribution in [3.05, 3.63) is 25.3 Å². The molecule has 0 aromatic carbocycles. The van der Waals surface area contributed by atoms with Crippen LogP contribution >= 0.6 is 0 Å². The molecule has 0 spiro atoms. The second kappa shape index (κ2) is 6.77. The first kappa shape index (κ1) is 18.5. The molecule has 0 saturated carbocycles. The minimum atomic E-state index is -5.34. The Morgan fingerprint density at radius 2 is 1.41 bits per heavy atom. The fourth-order valence-electron chi connectivity index (χ4n) is 0.774. The zero-order valence-corrected chi connectivity index (χ0v) is 10.7. The Hall–Kier alpha value is -0.860. The van der Waals surface area contributed by atoms with E-state index in [4.69, 9.17) is 0 Å². The van der Waals surface area contributed by atoms with E-state index in [0.717, 1.165) is 17.6 Å². The van der Waals surface area contributed by atoms with Crippen LogP contribution in [0, 0.1) is 0 Å². The van der Waals surface area contributed by atoms with Gasteiger partial charge in [0.25, 0.3) is 0 Å². The van der Waals surface area contributed by atoms with E-state index < -0.39 is 15.5 Å². The van der Waals surface area contributed by atoms with Crippen molar-refractivity contribution in [3.8, 4) is 0 Å². The van der Waals surface area contributed by atoms with E-state index in [1.54, 1.807) is 0 Å². The van der Waals surface area contributed by atoms with Gasteiger partial charge in [-0.25, -0.2) is 13.6 Å². The van der Waals surface area contributed by atoms with E-state index in [-0.39, 0.29) is 0 Å². The van der Waals surface area contributed by atoms with Gasteiger partial charge in [-0.2, -0.15) is 13.2 Å². The minimum Gasteiger partial charge on any atom is -0.322 e. The maximum atomic E-state index is 10.8. The fourth-order valence-corrected chi connectivity index (χ4v) is 0.774. The molecule has 8 heteroatoms. The van der Waals surface area contributed by atoms with Gasteiger partial charge >= 0.3 is 15.5 Å². The topological polar surface area (TPSA) is 60.2 Å². The van der Waals surface area contributed by atoms with Gasteiger partial charge in [0.15, 0.2) is 0 Å². The zero-order valence-electron chi connectivity index (χ0n) is 9.87. The number of sulfonamides is 1. The number of rotatable bonds is 4. The molecule has 0 amide bonds. The largest absolute Gasteiger partial charge is 0.511 e. The van der Waals surface area contributed by atoms with Gasteiger partial charge in [-0.05, 0) is 12.2 Å². The van der Waals surface area contributed by atoms with Gasteiger partial charge in [0.05, 0.1) is 27.2 Å². The molecule has 0 atom stereocenters. The predicted octanol–water partition coefficient (Wildman–Crippen LogP) is 1.23. The molecule has 0 unspecified atom stereocenters. The predicted molar refractivity (Wildman–Crippen MR) is 61.4 cm³/mol. The van der Waals surface area contributed by atoms with Crippen LogP contribution in [0.4, 0.5) is 13.2 Å². The van der Waals surface area contributed by atoms with Crippen LogP contribution in [0.2, 0.25) is 0 Å². The van der Waals surface area contributed by atoms with Gasteiger partial charge < -0.3 is 4.48 Å². The van der Waals surface area contributed by atoms with Crippen molar-refractivity contribution < 1.29 is 26.1 Å². The highest BCUT2D eigenvalue weighted by molar-refractivity contribution is 7.90. The van der Waals surface area contributed by atoms with E-state index >= 15 is 0 Å².